The van der Waals surface area contributed by atoms with Crippen LogP contribution < -0.4 is 10.1 Å². The van der Waals surface area contributed by atoms with Gasteiger partial charge in [0.15, 0.2) is 0 Å². The molecular formula is C17H21N3O. The third-order valence-corrected chi connectivity index (χ3v) is 4.10. The van der Waals surface area contributed by atoms with Gasteiger partial charge in [0.25, 0.3) is 0 Å². The van der Waals surface area contributed by atoms with Gasteiger partial charge in [0.05, 0.1) is 11.6 Å². The molecular weight excluding hydrogens is 262 g/mol. The van der Waals surface area contributed by atoms with Crippen molar-refractivity contribution in [3.8, 4) is 5.75 Å². The molecule has 0 unspecified atom stereocenters. The summed E-state index contributed by atoms with van der Waals surface area (Å²) in [6.07, 6.45) is 6.13. The summed E-state index contributed by atoms with van der Waals surface area (Å²) in [6, 6.07) is 4.12. The fourth-order valence-electron chi connectivity index (χ4n) is 2.81. The number of rotatable bonds is 3. The van der Waals surface area contributed by atoms with Crippen molar-refractivity contribution in [2.75, 3.05) is 12.4 Å². The number of aryl methyl sites for hydroxylation is 1. The number of nitrogens with zero attached hydrogens (tertiary/aromatic N) is 2. The highest BCUT2D eigenvalue weighted by Gasteiger charge is 2.18. The van der Waals surface area contributed by atoms with Crippen molar-refractivity contribution in [3.05, 3.63) is 36.2 Å². The number of ether oxygens (including phenoxy) is 1. The van der Waals surface area contributed by atoms with E-state index in [-0.39, 0.29) is 6.10 Å². The van der Waals surface area contributed by atoms with Crippen LogP contribution in [-0.4, -0.2) is 23.1 Å². The van der Waals surface area contributed by atoms with E-state index in [0.29, 0.717) is 0 Å². The van der Waals surface area contributed by atoms with Crippen LogP contribution in [0.4, 0.5) is 5.82 Å². The highest BCUT2D eigenvalue weighted by molar-refractivity contribution is 5.90. The molecule has 0 amide bonds. The van der Waals surface area contributed by atoms with Gasteiger partial charge in [-0.15, -0.1) is 0 Å². The fourth-order valence-corrected chi connectivity index (χ4v) is 2.81. The summed E-state index contributed by atoms with van der Waals surface area (Å²) in [6.45, 7) is 6.12. The van der Waals surface area contributed by atoms with E-state index in [0.717, 1.165) is 53.7 Å². The fraction of sp³-hybridized carbons (Fsp3) is 0.412. The van der Waals surface area contributed by atoms with Gasteiger partial charge in [-0.3, -0.25) is 0 Å². The summed E-state index contributed by atoms with van der Waals surface area (Å²) in [5.74, 6) is 1.77. The van der Waals surface area contributed by atoms with Crippen molar-refractivity contribution < 1.29 is 4.74 Å². The van der Waals surface area contributed by atoms with E-state index in [9.17, 15) is 0 Å². The maximum absolute atomic E-state index is 6.22. The maximum Gasteiger partial charge on any atom is 0.137 e. The Kier molecular flexibility index (Phi) is 3.78. The van der Waals surface area contributed by atoms with Crippen LogP contribution >= 0.6 is 0 Å². The third-order valence-electron chi connectivity index (χ3n) is 4.10. The van der Waals surface area contributed by atoms with Crippen LogP contribution in [0.1, 0.15) is 31.2 Å². The Labute approximate surface area is 125 Å². The second-order valence-corrected chi connectivity index (χ2v) is 5.67. The second-order valence-electron chi connectivity index (χ2n) is 5.67. The molecule has 3 rings (SSSR count). The Bertz CT molecular complexity index is 671. The summed E-state index contributed by atoms with van der Waals surface area (Å²) in [4.78, 5) is 8.59. The van der Waals surface area contributed by atoms with Crippen molar-refractivity contribution in [3.63, 3.8) is 0 Å². The predicted molar refractivity (Wildman–Crippen MR) is 85.8 cm³/mol. The molecule has 1 aromatic carbocycles. The van der Waals surface area contributed by atoms with Gasteiger partial charge >= 0.3 is 0 Å². The lowest BCUT2D eigenvalue weighted by atomic mass is 9.94. The molecule has 1 aliphatic carbocycles. The average molecular weight is 283 g/mol. The van der Waals surface area contributed by atoms with Gasteiger partial charge in [-0.1, -0.05) is 12.2 Å². The summed E-state index contributed by atoms with van der Waals surface area (Å²) in [5, 5.41) is 4.11. The van der Waals surface area contributed by atoms with Crippen molar-refractivity contribution in [1.82, 2.24) is 9.97 Å². The zero-order chi connectivity index (χ0) is 14.8. The SMILES string of the molecule is C=C1CCC(Oc2cc3c(NC)ncnc3cc2C)CC1. The van der Waals surface area contributed by atoms with E-state index >= 15 is 0 Å². The normalized spacial score (nSPS) is 16.2. The van der Waals surface area contributed by atoms with Crippen LogP contribution in [0.15, 0.2) is 30.6 Å². The lowest BCUT2D eigenvalue weighted by Gasteiger charge is -2.25. The summed E-state index contributed by atoms with van der Waals surface area (Å²) in [7, 11) is 1.87. The third kappa shape index (κ3) is 2.84. The largest absolute Gasteiger partial charge is 0.490 e. The first kappa shape index (κ1) is 13.9. The molecule has 1 heterocycles. The number of allylic oxidation sites excluding steroid dienone is 1. The predicted octanol–water partition coefficient (Wildman–Crippen LogP) is 3.86. The zero-order valence-corrected chi connectivity index (χ0v) is 12.6. The van der Waals surface area contributed by atoms with Crippen LogP contribution in [-0.2, 0) is 0 Å². The summed E-state index contributed by atoms with van der Waals surface area (Å²) in [5.41, 5.74) is 3.40. The molecule has 0 spiro atoms. The molecule has 4 nitrogen and oxygen atoms in total. The van der Waals surface area contributed by atoms with Gasteiger partial charge < -0.3 is 10.1 Å². The number of hydrogen-bond donors (Lipinski definition) is 1. The van der Waals surface area contributed by atoms with Crippen molar-refractivity contribution >= 4 is 16.7 Å². The minimum atomic E-state index is 0.286. The van der Waals surface area contributed by atoms with E-state index in [4.69, 9.17) is 4.74 Å². The minimum Gasteiger partial charge on any atom is -0.490 e. The Morgan fingerprint density at radius 1 is 1.24 bits per heavy atom. The quantitative estimate of drug-likeness (QED) is 0.869. The van der Waals surface area contributed by atoms with Crippen LogP contribution in [0.2, 0.25) is 0 Å². The molecule has 0 saturated heterocycles. The molecule has 1 fully saturated rings. The number of benzene rings is 1. The average Bonchev–Trinajstić information content (AvgIpc) is 2.49. The molecule has 21 heavy (non-hydrogen) atoms. The first-order valence-corrected chi connectivity index (χ1v) is 7.44. The van der Waals surface area contributed by atoms with Gasteiger partial charge in [-0.2, -0.15) is 0 Å². The highest BCUT2D eigenvalue weighted by atomic mass is 16.5. The second kappa shape index (κ2) is 5.72. The molecule has 1 aromatic heterocycles. The minimum absolute atomic E-state index is 0.286. The topological polar surface area (TPSA) is 47.0 Å². The number of nitrogens with one attached hydrogen (secondary N) is 1. The summed E-state index contributed by atoms with van der Waals surface area (Å²) >= 11 is 0. The van der Waals surface area contributed by atoms with E-state index in [1.165, 1.54) is 5.57 Å². The van der Waals surface area contributed by atoms with Crippen LogP contribution in [0, 0.1) is 6.92 Å². The number of hydrogen-bond acceptors (Lipinski definition) is 4. The molecule has 4 heteroatoms. The standard InChI is InChI=1S/C17H21N3O/c1-11-4-6-13(7-5-11)21-16-9-14-15(8-12(16)2)19-10-20-17(14)18-3/h8-10,13H,1,4-7H2,2-3H3,(H,18,19,20). The lowest BCUT2D eigenvalue weighted by Crippen LogP contribution is -2.20. The van der Waals surface area contributed by atoms with Crippen LogP contribution in [0.25, 0.3) is 10.9 Å². The number of aromatic nitrogens is 2. The molecule has 0 radical (unpaired) electrons. The van der Waals surface area contributed by atoms with Crippen molar-refractivity contribution in [1.29, 1.82) is 0 Å². The number of fused-ring (bicyclic) bond motifs is 1. The van der Waals surface area contributed by atoms with E-state index in [1.807, 2.05) is 7.05 Å². The molecule has 1 saturated carbocycles. The van der Waals surface area contributed by atoms with Gasteiger partial charge in [0.2, 0.25) is 0 Å². The summed E-state index contributed by atoms with van der Waals surface area (Å²) < 4.78 is 6.22. The van der Waals surface area contributed by atoms with Crippen LogP contribution in [0.3, 0.4) is 0 Å². The molecule has 0 bridgehead atoms. The first-order chi connectivity index (χ1) is 10.2. The van der Waals surface area contributed by atoms with Crippen molar-refractivity contribution in [2.45, 2.75) is 38.7 Å². The number of anilines is 1. The van der Waals surface area contributed by atoms with E-state index in [2.05, 4.69) is 40.9 Å². The Morgan fingerprint density at radius 3 is 2.71 bits per heavy atom. The molecule has 1 N–H and O–H groups in total. The molecule has 0 atom stereocenters. The Balaban J connectivity index is 1.91. The monoisotopic (exact) mass is 283 g/mol. The Hall–Kier alpha value is -2.10. The smallest absolute Gasteiger partial charge is 0.137 e. The lowest BCUT2D eigenvalue weighted by molar-refractivity contribution is 0.168. The highest BCUT2D eigenvalue weighted by Crippen LogP contribution is 2.31. The van der Waals surface area contributed by atoms with Gasteiger partial charge in [-0.25, -0.2) is 9.97 Å². The molecule has 0 aliphatic heterocycles. The molecule has 1 aliphatic rings. The Morgan fingerprint density at radius 2 is 2.00 bits per heavy atom. The maximum atomic E-state index is 6.22. The zero-order valence-electron chi connectivity index (χ0n) is 12.6. The van der Waals surface area contributed by atoms with Crippen LogP contribution in [0.5, 0.6) is 5.75 Å². The molecule has 110 valence electrons. The van der Waals surface area contributed by atoms with Gasteiger partial charge in [0, 0.05) is 12.4 Å². The molecule has 2 aromatic rings. The van der Waals surface area contributed by atoms with E-state index in [1.54, 1.807) is 6.33 Å². The van der Waals surface area contributed by atoms with Crippen molar-refractivity contribution in [2.24, 2.45) is 0 Å². The van der Waals surface area contributed by atoms with Gasteiger partial charge in [0.1, 0.15) is 17.9 Å². The van der Waals surface area contributed by atoms with E-state index < -0.39 is 0 Å². The first-order valence-electron chi connectivity index (χ1n) is 7.44. The van der Waals surface area contributed by atoms with Gasteiger partial charge in [-0.05, 0) is 50.3 Å².